The Bertz CT molecular complexity index is 2970. The van der Waals surface area contributed by atoms with E-state index in [1.165, 1.54) is 97.5 Å². The molecule has 31 heteroatoms. The van der Waals surface area contributed by atoms with Gasteiger partial charge in [-0.1, -0.05) is 108 Å². The van der Waals surface area contributed by atoms with Crippen molar-refractivity contribution in [3.8, 4) is 0 Å². The number of aldehydes is 1. The van der Waals surface area contributed by atoms with E-state index in [1.807, 2.05) is 34.6 Å². The number of thioether (sulfide) groups is 1. The van der Waals surface area contributed by atoms with Gasteiger partial charge in [0.1, 0.15) is 60.4 Å². The number of aliphatic hydroxyl groups is 1. The van der Waals surface area contributed by atoms with E-state index < -0.39 is 161 Å². The third-order valence-corrected chi connectivity index (χ3v) is 21.3. The van der Waals surface area contributed by atoms with Crippen molar-refractivity contribution in [2.75, 3.05) is 75.3 Å². The average Bonchev–Trinajstić information content (AvgIpc) is 0.852. The number of hydroxylamine groups is 2. The van der Waals surface area contributed by atoms with Crippen molar-refractivity contribution >= 4 is 77.3 Å². The molecule has 3 aliphatic heterocycles. The van der Waals surface area contributed by atoms with Crippen molar-refractivity contribution < 1.29 is 67.4 Å². The summed E-state index contributed by atoms with van der Waals surface area (Å²) in [5, 5.41) is 34.7. The van der Waals surface area contributed by atoms with Crippen LogP contribution in [0.2, 0.25) is 0 Å². The molecule has 3 saturated heterocycles. The number of aliphatic hydroxyl groups excluding tert-OH is 1. The molecule has 3 aliphatic rings. The van der Waals surface area contributed by atoms with Gasteiger partial charge in [-0.2, -0.15) is 0 Å². The van der Waals surface area contributed by atoms with Gasteiger partial charge in [-0.05, 0) is 113 Å². The van der Waals surface area contributed by atoms with Gasteiger partial charge in [0.05, 0.1) is 25.2 Å². The van der Waals surface area contributed by atoms with Gasteiger partial charge in [0, 0.05) is 79.6 Å². The molecule has 4 rings (SSSR count). The minimum atomic E-state index is -1.67. The second kappa shape index (κ2) is 36.3. The Morgan fingerprint density at radius 1 is 0.778 bits per heavy atom. The highest BCUT2D eigenvalue weighted by Crippen LogP contribution is 2.36. The van der Waals surface area contributed by atoms with Crippen LogP contribution in [-0.2, 0) is 64.6 Å². The maximum absolute atomic E-state index is 15.7. The molecule has 0 aliphatic carbocycles. The fourth-order valence-electron chi connectivity index (χ4n) is 14.2. The molecule has 3 fully saturated rings. The van der Waals surface area contributed by atoms with E-state index in [2.05, 4.69) is 31.5 Å². The van der Waals surface area contributed by atoms with E-state index in [9.17, 15) is 19.5 Å². The van der Waals surface area contributed by atoms with Crippen LogP contribution in [0.15, 0.2) is 5.16 Å². The normalized spacial score (nSPS) is 29.3. The quantitative estimate of drug-likeness (QED) is 0.0879. The predicted octanol–water partition coefficient (Wildman–Crippen LogP) is 2.86. The Labute approximate surface area is 591 Å². The fraction of sp³-hybridized carbons (Fsp3) is 0.824. The number of carbonyl (C=O) groups excluding carboxylic acids is 11. The van der Waals surface area contributed by atoms with Gasteiger partial charge in [0.25, 0.3) is 5.91 Å². The zero-order valence-electron chi connectivity index (χ0n) is 63.7. The van der Waals surface area contributed by atoms with Crippen LogP contribution in [0.1, 0.15) is 162 Å². The van der Waals surface area contributed by atoms with E-state index >= 15 is 38.4 Å². The van der Waals surface area contributed by atoms with Gasteiger partial charge < -0.3 is 64.9 Å². The molecule has 1 aromatic heterocycles. The summed E-state index contributed by atoms with van der Waals surface area (Å²) in [6.45, 7) is 27.3. The Kier molecular flexibility index (Phi) is 31.1. The molecule has 99 heavy (non-hydrogen) atoms. The third-order valence-electron chi connectivity index (χ3n) is 20.2. The van der Waals surface area contributed by atoms with Crippen molar-refractivity contribution in [2.24, 2.45) is 42.1 Å². The number of nitrogens with one attached hydrogen (secondary N) is 3. The van der Waals surface area contributed by atoms with Crippen LogP contribution in [0.3, 0.4) is 0 Å². The standard InChI is InChI=1S/C68H120N16O14S/c1-26-47-60(91)76(18)45(13)58(89)80(22)54(67(15,16)36-75(17)66(96)97-25)56(87)71-50(40(6)7)63(94)81(23)68(37-85,34-39(4)5)35-69-44(12)57(88)83-43(11)33-49(78(20)61(92)48(32-38(2)3)77(19)59(90)46(83)14)62(93)79(21)51(41(8)9)64(95)84-52(55(86)70-47)53(98-84)42(10)30-28-27-29-31-99-65-72-73-74-82(65)24/h37-54,59,69,90H,26-36H2,1-25H3,(H,70,86)(H,71,87)/t42-,43?,44+,45-,46-,47+,48+,49+,50+,51+,52+,53-,54-,59?,68+/m1/s1. The minimum Gasteiger partial charge on any atom is -0.453 e. The molecule has 4 N–H and O–H groups in total. The molecule has 15 atom stereocenters. The van der Waals surface area contributed by atoms with Crippen LogP contribution in [0, 0.1) is 35.0 Å². The second-order valence-electron chi connectivity index (χ2n) is 30.1. The summed E-state index contributed by atoms with van der Waals surface area (Å²) in [7, 11) is 13.1. The lowest BCUT2D eigenvalue weighted by Crippen LogP contribution is -2.72. The molecular formula is C68H120N16O14S. The van der Waals surface area contributed by atoms with Crippen LogP contribution in [0.5, 0.6) is 0 Å². The molecule has 30 nitrogen and oxygen atoms in total. The number of amides is 10. The Hall–Kier alpha value is -6.57. The fourth-order valence-corrected chi connectivity index (χ4v) is 15.1. The van der Waals surface area contributed by atoms with Gasteiger partial charge >= 0.3 is 6.09 Å². The number of hydrogen-bond donors (Lipinski definition) is 4. The number of hydrogen-bond acceptors (Lipinski definition) is 20. The molecule has 2 unspecified atom stereocenters. The highest BCUT2D eigenvalue weighted by atomic mass is 32.2. The van der Waals surface area contributed by atoms with Crippen molar-refractivity contribution in [1.82, 2.24) is 80.4 Å². The first-order valence-electron chi connectivity index (χ1n) is 35.0. The summed E-state index contributed by atoms with van der Waals surface area (Å²) in [6, 6.07) is -13.5. The lowest BCUT2D eigenvalue weighted by atomic mass is 9.81. The van der Waals surface area contributed by atoms with E-state index in [0.717, 1.165) is 39.9 Å². The average molecular weight is 1420 g/mol. The molecule has 1 aromatic rings. The van der Waals surface area contributed by atoms with E-state index in [0.29, 0.717) is 17.9 Å². The van der Waals surface area contributed by atoms with Crippen molar-refractivity contribution in [3.05, 3.63) is 0 Å². The zero-order chi connectivity index (χ0) is 75.4. The number of ether oxygens (including phenoxy) is 1. The number of aromatic nitrogens is 4. The van der Waals surface area contributed by atoms with Crippen LogP contribution < -0.4 is 16.0 Å². The number of carbonyl (C=O) groups is 11. The number of methoxy groups -OCH3 is 1. The molecule has 2 bridgehead atoms. The number of unbranched alkanes of at least 4 members (excludes halogenated alkanes) is 2. The molecule has 0 saturated carbocycles. The van der Waals surface area contributed by atoms with Crippen molar-refractivity contribution in [3.63, 3.8) is 0 Å². The summed E-state index contributed by atoms with van der Waals surface area (Å²) in [5.41, 5.74) is -2.99. The Balaban J connectivity index is 2.00. The van der Waals surface area contributed by atoms with E-state index in [4.69, 9.17) is 9.57 Å². The lowest BCUT2D eigenvalue weighted by molar-refractivity contribution is -0.322. The highest BCUT2D eigenvalue weighted by molar-refractivity contribution is 7.99. The first kappa shape index (κ1) is 84.8. The first-order valence-corrected chi connectivity index (χ1v) is 36.0. The molecule has 4 heterocycles. The summed E-state index contributed by atoms with van der Waals surface area (Å²) in [6.07, 6.45) is 0.628. The van der Waals surface area contributed by atoms with E-state index in [-0.39, 0.29) is 56.5 Å². The number of rotatable bonds is 19. The van der Waals surface area contributed by atoms with Crippen molar-refractivity contribution in [1.29, 1.82) is 0 Å². The third kappa shape index (κ3) is 20.0. The Morgan fingerprint density at radius 3 is 1.94 bits per heavy atom. The molecule has 0 radical (unpaired) electrons. The summed E-state index contributed by atoms with van der Waals surface area (Å²) >= 11 is 1.52. The summed E-state index contributed by atoms with van der Waals surface area (Å²) in [4.78, 5) is 182. The number of nitrogens with zero attached hydrogens (tertiary/aromatic N) is 13. The van der Waals surface area contributed by atoms with Gasteiger partial charge in [-0.3, -0.25) is 52.9 Å². The Morgan fingerprint density at radius 2 is 1.40 bits per heavy atom. The number of aryl methyl sites for hydroxylation is 1. The van der Waals surface area contributed by atoms with Crippen LogP contribution in [-0.4, -0.2) is 295 Å². The summed E-state index contributed by atoms with van der Waals surface area (Å²) < 4.78 is 6.61. The SMILES string of the molecule is CC[C@@H]1NC(=O)[C@@H]2[C@@H]([C@H](C)CCCCCSc3nnnn3C)ON2C(=O)[C@H](C(C)C)N(C)C(=O)[C@@H]2CC(C)N(C(=O)[C@H](C)NC[C@](C=O)(CC(C)C)N(C)C(=O)[C@H](C(C)C)NC(=O)[C@H](C(C)(C)CN(C)C(=O)OC)N(C)C(=O)[C@@H](C)N(C)C1=O)[C@H](C)C(O)N(C)[C@@H](CC(C)C)C(=O)N2C. The second-order valence-corrected chi connectivity index (χ2v) is 31.2. The number of likely N-dealkylation sites (N-methyl/N-ethyl adjacent to an activating group) is 6. The van der Waals surface area contributed by atoms with Crippen molar-refractivity contribution in [2.45, 2.75) is 252 Å². The van der Waals surface area contributed by atoms with E-state index in [1.54, 1.807) is 88.0 Å². The molecule has 0 spiro atoms. The topological polar surface area (TPSA) is 335 Å². The molecular weight excluding hydrogens is 1300 g/mol. The van der Waals surface area contributed by atoms with Crippen LogP contribution in [0.4, 0.5) is 4.79 Å². The first-order chi connectivity index (χ1) is 46.0. The van der Waals surface area contributed by atoms with Crippen LogP contribution >= 0.6 is 11.8 Å². The maximum Gasteiger partial charge on any atom is 0.409 e. The summed E-state index contributed by atoms with van der Waals surface area (Å²) in [5.74, 6) is -7.34. The van der Waals surface area contributed by atoms with Gasteiger partial charge in [0.2, 0.25) is 52.4 Å². The number of fused-ring (bicyclic) bond motifs is 4. The molecule has 10 amide bonds. The lowest BCUT2D eigenvalue weighted by Gasteiger charge is -2.50. The maximum atomic E-state index is 15.7. The molecule has 562 valence electrons. The zero-order valence-corrected chi connectivity index (χ0v) is 64.5. The van der Waals surface area contributed by atoms with Crippen LogP contribution in [0.25, 0.3) is 0 Å². The van der Waals surface area contributed by atoms with Gasteiger partial charge in [-0.25, -0.2) is 14.5 Å². The predicted molar refractivity (Wildman–Crippen MR) is 373 cm³/mol. The largest absolute Gasteiger partial charge is 0.453 e. The number of tetrazole rings is 1. The molecule has 0 aromatic carbocycles. The van der Waals surface area contributed by atoms with Gasteiger partial charge in [0.15, 0.2) is 6.04 Å². The minimum absolute atomic E-state index is 0.0107. The smallest absolute Gasteiger partial charge is 0.409 e. The highest BCUT2D eigenvalue weighted by Gasteiger charge is 2.56. The monoisotopic (exact) mass is 1420 g/mol. The van der Waals surface area contributed by atoms with Gasteiger partial charge in [-0.15, -0.1) is 5.10 Å².